The standard InChI is InChI=1S/C19H16FNO4S/c1-23-16-6-2-13(3-7-16)18-10-15(21-25-18)11-24-19(22)12-26-17-8-4-14(20)5-9-17/h2-10H,11-12H2,1H3. The number of aromatic nitrogens is 1. The summed E-state index contributed by atoms with van der Waals surface area (Å²) in [7, 11) is 1.60. The number of rotatable bonds is 7. The Morgan fingerprint density at radius 2 is 1.88 bits per heavy atom. The Kier molecular flexibility index (Phi) is 5.91. The highest BCUT2D eigenvalue weighted by atomic mass is 32.2. The van der Waals surface area contributed by atoms with E-state index in [-0.39, 0.29) is 24.1 Å². The molecule has 0 aliphatic rings. The number of nitrogens with zero attached hydrogens (tertiary/aromatic N) is 1. The van der Waals surface area contributed by atoms with Crippen LogP contribution in [0.1, 0.15) is 5.69 Å². The molecule has 5 nitrogen and oxygen atoms in total. The second kappa shape index (κ2) is 8.53. The summed E-state index contributed by atoms with van der Waals surface area (Å²) >= 11 is 1.28. The maximum Gasteiger partial charge on any atom is 0.316 e. The monoisotopic (exact) mass is 373 g/mol. The van der Waals surface area contributed by atoms with Crippen LogP contribution in [0, 0.1) is 5.82 Å². The molecule has 0 bridgehead atoms. The molecule has 0 aliphatic carbocycles. The predicted molar refractivity (Wildman–Crippen MR) is 95.4 cm³/mol. The van der Waals surface area contributed by atoms with E-state index in [1.807, 2.05) is 24.3 Å². The molecule has 0 aliphatic heterocycles. The van der Waals surface area contributed by atoms with Crippen molar-refractivity contribution in [2.75, 3.05) is 12.9 Å². The number of carbonyl (C=O) groups is 1. The molecule has 134 valence electrons. The van der Waals surface area contributed by atoms with Crippen molar-refractivity contribution in [3.05, 3.63) is 66.1 Å². The van der Waals surface area contributed by atoms with Gasteiger partial charge in [0.25, 0.3) is 0 Å². The van der Waals surface area contributed by atoms with Crippen molar-refractivity contribution in [1.82, 2.24) is 5.16 Å². The molecule has 0 saturated heterocycles. The van der Waals surface area contributed by atoms with Gasteiger partial charge in [0.15, 0.2) is 5.76 Å². The summed E-state index contributed by atoms with van der Waals surface area (Å²) in [6, 6.07) is 15.0. The lowest BCUT2D eigenvalue weighted by atomic mass is 10.1. The van der Waals surface area contributed by atoms with E-state index in [0.717, 1.165) is 16.2 Å². The van der Waals surface area contributed by atoms with Crippen LogP contribution in [0.15, 0.2) is 64.0 Å². The van der Waals surface area contributed by atoms with Crippen LogP contribution in [0.5, 0.6) is 5.75 Å². The molecular formula is C19H16FNO4S. The third-order valence-corrected chi connectivity index (χ3v) is 4.47. The highest BCUT2D eigenvalue weighted by molar-refractivity contribution is 8.00. The minimum atomic E-state index is -0.381. The molecule has 1 heterocycles. The number of hydrogen-bond donors (Lipinski definition) is 0. The van der Waals surface area contributed by atoms with Crippen molar-refractivity contribution in [2.24, 2.45) is 0 Å². The quantitative estimate of drug-likeness (QED) is 0.454. The van der Waals surface area contributed by atoms with Crippen LogP contribution in [-0.4, -0.2) is 24.0 Å². The Labute approximate surface area is 154 Å². The van der Waals surface area contributed by atoms with E-state index in [1.54, 1.807) is 25.3 Å². The molecule has 0 atom stereocenters. The molecule has 3 aromatic rings. The highest BCUT2D eigenvalue weighted by Crippen LogP contribution is 2.23. The third kappa shape index (κ3) is 4.86. The average molecular weight is 373 g/mol. The first-order valence-electron chi connectivity index (χ1n) is 7.78. The van der Waals surface area contributed by atoms with E-state index in [9.17, 15) is 9.18 Å². The maximum atomic E-state index is 12.8. The second-order valence-electron chi connectivity index (χ2n) is 5.31. The van der Waals surface area contributed by atoms with E-state index in [0.29, 0.717) is 11.5 Å². The van der Waals surface area contributed by atoms with Crippen LogP contribution in [-0.2, 0) is 16.1 Å². The SMILES string of the molecule is COc1ccc(-c2cc(COC(=O)CSc3ccc(F)cc3)no2)cc1. The molecule has 0 amide bonds. The summed E-state index contributed by atoms with van der Waals surface area (Å²) in [6.07, 6.45) is 0. The van der Waals surface area contributed by atoms with Crippen molar-refractivity contribution < 1.29 is 23.2 Å². The first kappa shape index (κ1) is 18.0. The van der Waals surface area contributed by atoms with Crippen molar-refractivity contribution in [1.29, 1.82) is 0 Å². The number of hydrogen-bond acceptors (Lipinski definition) is 6. The van der Waals surface area contributed by atoms with Crippen molar-refractivity contribution in [3.8, 4) is 17.1 Å². The van der Waals surface area contributed by atoms with Crippen molar-refractivity contribution >= 4 is 17.7 Å². The van der Waals surface area contributed by atoms with Crippen LogP contribution in [0.2, 0.25) is 0 Å². The summed E-state index contributed by atoms with van der Waals surface area (Å²) in [6.45, 7) is 0.0302. The molecule has 0 saturated carbocycles. The van der Waals surface area contributed by atoms with Gasteiger partial charge in [0.05, 0.1) is 12.9 Å². The Bertz CT molecular complexity index is 862. The molecule has 2 aromatic carbocycles. The average Bonchev–Trinajstić information content (AvgIpc) is 3.15. The van der Waals surface area contributed by atoms with Crippen LogP contribution in [0.3, 0.4) is 0 Å². The summed E-state index contributed by atoms with van der Waals surface area (Å²) in [4.78, 5) is 12.6. The maximum absolute atomic E-state index is 12.8. The lowest BCUT2D eigenvalue weighted by Crippen LogP contribution is -2.07. The minimum absolute atomic E-state index is 0.0302. The van der Waals surface area contributed by atoms with Gasteiger partial charge in [-0.2, -0.15) is 0 Å². The van der Waals surface area contributed by atoms with E-state index in [2.05, 4.69) is 5.16 Å². The van der Waals surface area contributed by atoms with Crippen LogP contribution >= 0.6 is 11.8 Å². The number of halogens is 1. The largest absolute Gasteiger partial charge is 0.497 e. The number of thioether (sulfide) groups is 1. The van der Waals surface area contributed by atoms with Gasteiger partial charge in [-0.1, -0.05) is 5.16 Å². The zero-order chi connectivity index (χ0) is 18.4. The Morgan fingerprint density at radius 1 is 1.15 bits per heavy atom. The Balaban J connectivity index is 1.49. The van der Waals surface area contributed by atoms with Gasteiger partial charge in [0, 0.05) is 16.5 Å². The van der Waals surface area contributed by atoms with Gasteiger partial charge >= 0.3 is 5.97 Å². The first-order valence-corrected chi connectivity index (χ1v) is 8.76. The van der Waals surface area contributed by atoms with Gasteiger partial charge in [-0.15, -0.1) is 11.8 Å². The zero-order valence-electron chi connectivity index (χ0n) is 14.0. The molecule has 1 aromatic heterocycles. The van der Waals surface area contributed by atoms with Gasteiger partial charge in [-0.25, -0.2) is 4.39 Å². The Morgan fingerprint density at radius 3 is 2.58 bits per heavy atom. The normalized spacial score (nSPS) is 10.5. The minimum Gasteiger partial charge on any atom is -0.497 e. The lowest BCUT2D eigenvalue weighted by Gasteiger charge is -2.02. The molecule has 0 unspecified atom stereocenters. The van der Waals surface area contributed by atoms with Crippen molar-refractivity contribution in [3.63, 3.8) is 0 Å². The topological polar surface area (TPSA) is 61.6 Å². The van der Waals surface area contributed by atoms with E-state index in [1.165, 1.54) is 23.9 Å². The fourth-order valence-electron chi connectivity index (χ4n) is 2.14. The molecule has 26 heavy (non-hydrogen) atoms. The van der Waals surface area contributed by atoms with Gasteiger partial charge in [-0.3, -0.25) is 4.79 Å². The first-order chi connectivity index (χ1) is 12.6. The summed E-state index contributed by atoms with van der Waals surface area (Å²) in [5, 5.41) is 3.90. The molecule has 0 spiro atoms. The molecule has 0 N–H and O–H groups in total. The van der Waals surface area contributed by atoms with Crippen LogP contribution in [0.25, 0.3) is 11.3 Å². The number of ether oxygens (including phenoxy) is 2. The zero-order valence-corrected chi connectivity index (χ0v) is 14.8. The van der Waals surface area contributed by atoms with E-state index >= 15 is 0 Å². The third-order valence-electron chi connectivity index (χ3n) is 3.48. The summed E-state index contributed by atoms with van der Waals surface area (Å²) < 4.78 is 28.4. The van der Waals surface area contributed by atoms with E-state index < -0.39 is 0 Å². The fourth-order valence-corrected chi connectivity index (χ4v) is 2.84. The van der Waals surface area contributed by atoms with Gasteiger partial charge in [0.1, 0.15) is 23.9 Å². The van der Waals surface area contributed by atoms with Gasteiger partial charge < -0.3 is 14.0 Å². The van der Waals surface area contributed by atoms with Crippen molar-refractivity contribution in [2.45, 2.75) is 11.5 Å². The Hall–Kier alpha value is -2.80. The highest BCUT2D eigenvalue weighted by Gasteiger charge is 2.10. The molecule has 7 heteroatoms. The fraction of sp³-hybridized carbons (Fsp3) is 0.158. The van der Waals surface area contributed by atoms with Crippen LogP contribution in [0.4, 0.5) is 4.39 Å². The van der Waals surface area contributed by atoms with Gasteiger partial charge in [0.2, 0.25) is 0 Å². The van der Waals surface area contributed by atoms with E-state index in [4.69, 9.17) is 14.0 Å². The smallest absolute Gasteiger partial charge is 0.316 e. The number of benzene rings is 2. The number of esters is 1. The summed E-state index contributed by atoms with van der Waals surface area (Å²) in [5.41, 5.74) is 1.37. The molecular weight excluding hydrogens is 357 g/mol. The lowest BCUT2D eigenvalue weighted by molar-refractivity contribution is -0.141. The molecule has 0 radical (unpaired) electrons. The number of methoxy groups -OCH3 is 1. The molecule has 3 rings (SSSR count). The second-order valence-corrected chi connectivity index (χ2v) is 6.36. The van der Waals surface area contributed by atoms with Crippen LogP contribution < -0.4 is 4.74 Å². The summed E-state index contributed by atoms with van der Waals surface area (Å²) in [5.74, 6) is 0.777. The predicted octanol–water partition coefficient (Wildman–Crippen LogP) is 4.32. The molecule has 0 fully saturated rings. The van der Waals surface area contributed by atoms with Gasteiger partial charge in [-0.05, 0) is 48.5 Å². The number of carbonyl (C=O) groups excluding carboxylic acids is 1.